The minimum Gasteiger partial charge on any atom is -0.507 e. The Morgan fingerprint density at radius 3 is 2.57 bits per heavy atom. The molecule has 1 aromatic heterocycles. The Morgan fingerprint density at radius 2 is 1.86 bits per heavy atom. The Morgan fingerprint density at radius 1 is 1.11 bits per heavy atom. The first-order chi connectivity index (χ1) is 13.5. The van der Waals surface area contributed by atoms with Crippen molar-refractivity contribution in [1.29, 1.82) is 0 Å². The van der Waals surface area contributed by atoms with Crippen LogP contribution in [0.5, 0.6) is 5.75 Å². The summed E-state index contributed by atoms with van der Waals surface area (Å²) >= 11 is 0. The molecule has 1 aliphatic rings. The number of carbonyl (C=O) groups is 1. The number of aromatic carboxylic acids is 1. The lowest BCUT2D eigenvalue weighted by Crippen LogP contribution is -2.21. The number of aromatic nitrogens is 2. The SMILES string of the molecule is Nc1nnc(-c2ccccc2O)cc1N1CCC(c2ccc(C(=O)O)cc2)C1. The summed E-state index contributed by atoms with van der Waals surface area (Å²) in [6.07, 6.45) is 0.931. The fourth-order valence-corrected chi connectivity index (χ4v) is 3.62. The van der Waals surface area contributed by atoms with Crippen molar-refractivity contribution in [3.05, 3.63) is 65.7 Å². The molecule has 0 spiro atoms. The van der Waals surface area contributed by atoms with Crippen LogP contribution in [-0.2, 0) is 0 Å². The van der Waals surface area contributed by atoms with Gasteiger partial charge in [0.05, 0.1) is 16.9 Å². The number of rotatable bonds is 4. The number of nitrogens with zero attached hydrogens (tertiary/aromatic N) is 3. The van der Waals surface area contributed by atoms with Crippen LogP contribution >= 0.6 is 0 Å². The van der Waals surface area contributed by atoms with Crippen LogP contribution in [0, 0.1) is 0 Å². The molecule has 0 radical (unpaired) electrons. The molecule has 28 heavy (non-hydrogen) atoms. The summed E-state index contributed by atoms with van der Waals surface area (Å²) in [6.45, 7) is 1.56. The zero-order valence-corrected chi connectivity index (χ0v) is 15.1. The molecule has 0 amide bonds. The van der Waals surface area contributed by atoms with Crippen LogP contribution in [-0.4, -0.2) is 39.5 Å². The molecule has 0 aliphatic carbocycles. The van der Waals surface area contributed by atoms with Gasteiger partial charge in [-0.1, -0.05) is 24.3 Å². The largest absolute Gasteiger partial charge is 0.507 e. The van der Waals surface area contributed by atoms with E-state index in [4.69, 9.17) is 10.8 Å². The third-order valence-electron chi connectivity index (χ3n) is 5.14. The van der Waals surface area contributed by atoms with Gasteiger partial charge in [-0.3, -0.25) is 0 Å². The number of hydrogen-bond acceptors (Lipinski definition) is 6. The highest BCUT2D eigenvalue weighted by atomic mass is 16.4. The predicted molar refractivity (Wildman–Crippen MR) is 107 cm³/mol. The van der Waals surface area contributed by atoms with E-state index in [1.807, 2.05) is 24.3 Å². The number of anilines is 2. The van der Waals surface area contributed by atoms with Crippen LogP contribution in [0.4, 0.5) is 11.5 Å². The highest BCUT2D eigenvalue weighted by Crippen LogP contribution is 2.35. The van der Waals surface area contributed by atoms with Crippen molar-refractivity contribution in [3.63, 3.8) is 0 Å². The van der Waals surface area contributed by atoms with Gasteiger partial charge < -0.3 is 20.8 Å². The summed E-state index contributed by atoms with van der Waals surface area (Å²) in [4.78, 5) is 13.2. The van der Waals surface area contributed by atoms with Crippen LogP contribution in [0.2, 0.25) is 0 Å². The van der Waals surface area contributed by atoms with E-state index in [1.165, 1.54) is 0 Å². The molecule has 4 N–H and O–H groups in total. The van der Waals surface area contributed by atoms with Gasteiger partial charge in [0.25, 0.3) is 0 Å². The third-order valence-corrected chi connectivity index (χ3v) is 5.14. The maximum Gasteiger partial charge on any atom is 0.335 e. The van der Waals surface area contributed by atoms with Crippen LogP contribution in [0.1, 0.15) is 28.3 Å². The molecular formula is C21H20N4O3. The first-order valence-corrected chi connectivity index (χ1v) is 9.02. The molecule has 7 nitrogen and oxygen atoms in total. The number of nitrogens with two attached hydrogens (primary N) is 1. The van der Waals surface area contributed by atoms with Gasteiger partial charge in [-0.2, -0.15) is 0 Å². The van der Waals surface area contributed by atoms with E-state index in [2.05, 4.69) is 15.1 Å². The van der Waals surface area contributed by atoms with E-state index in [0.717, 1.165) is 30.8 Å². The van der Waals surface area contributed by atoms with Crippen molar-refractivity contribution >= 4 is 17.5 Å². The van der Waals surface area contributed by atoms with Gasteiger partial charge in [-0.25, -0.2) is 4.79 Å². The van der Waals surface area contributed by atoms with Crippen molar-refractivity contribution < 1.29 is 15.0 Å². The first-order valence-electron chi connectivity index (χ1n) is 9.02. The minimum absolute atomic E-state index is 0.144. The Kier molecular flexibility index (Phi) is 4.57. The van der Waals surface area contributed by atoms with Gasteiger partial charge in [-0.05, 0) is 42.3 Å². The number of phenols is 1. The maximum absolute atomic E-state index is 11.0. The molecule has 1 aliphatic heterocycles. The fourth-order valence-electron chi connectivity index (χ4n) is 3.62. The van der Waals surface area contributed by atoms with Crippen molar-refractivity contribution in [1.82, 2.24) is 10.2 Å². The molecule has 0 saturated carbocycles. The molecule has 1 unspecified atom stereocenters. The standard InChI is InChI=1S/C21H20N4O3/c22-20-18(11-17(23-24-20)16-3-1-2-4-19(16)26)25-10-9-15(12-25)13-5-7-14(8-6-13)21(27)28/h1-8,11,15,26H,9-10,12H2,(H2,22,24)(H,27,28). The fraction of sp³-hybridized carbons (Fsp3) is 0.190. The highest BCUT2D eigenvalue weighted by Gasteiger charge is 2.26. The molecule has 7 heteroatoms. The van der Waals surface area contributed by atoms with Crippen molar-refractivity contribution in [3.8, 4) is 17.0 Å². The van der Waals surface area contributed by atoms with E-state index in [9.17, 15) is 9.90 Å². The van der Waals surface area contributed by atoms with Gasteiger partial charge in [0.1, 0.15) is 5.75 Å². The smallest absolute Gasteiger partial charge is 0.335 e. The zero-order chi connectivity index (χ0) is 19.7. The second-order valence-corrected chi connectivity index (χ2v) is 6.88. The third kappa shape index (κ3) is 3.34. The van der Waals surface area contributed by atoms with Crippen LogP contribution in [0.3, 0.4) is 0 Å². The summed E-state index contributed by atoms with van der Waals surface area (Å²) in [7, 11) is 0. The molecule has 1 saturated heterocycles. The molecule has 1 atom stereocenters. The number of carboxylic acids is 1. The molecule has 4 rings (SSSR count). The first kappa shape index (κ1) is 17.8. The Balaban J connectivity index is 1.58. The minimum atomic E-state index is -0.924. The van der Waals surface area contributed by atoms with E-state index < -0.39 is 5.97 Å². The quantitative estimate of drug-likeness (QED) is 0.641. The number of aromatic hydroxyl groups is 1. The van der Waals surface area contributed by atoms with E-state index in [-0.39, 0.29) is 17.2 Å². The second-order valence-electron chi connectivity index (χ2n) is 6.88. The van der Waals surface area contributed by atoms with Gasteiger partial charge in [-0.15, -0.1) is 10.2 Å². The van der Waals surface area contributed by atoms with E-state index in [1.54, 1.807) is 30.3 Å². The lowest BCUT2D eigenvalue weighted by Gasteiger charge is -2.20. The Labute approximate surface area is 162 Å². The van der Waals surface area contributed by atoms with Crippen LogP contribution in [0.15, 0.2) is 54.6 Å². The van der Waals surface area contributed by atoms with Crippen molar-refractivity contribution in [2.24, 2.45) is 0 Å². The molecule has 3 aromatic rings. The van der Waals surface area contributed by atoms with Gasteiger partial charge >= 0.3 is 5.97 Å². The lowest BCUT2D eigenvalue weighted by atomic mass is 9.97. The predicted octanol–water partition coefficient (Wildman–Crippen LogP) is 3.12. The highest BCUT2D eigenvalue weighted by molar-refractivity contribution is 5.87. The zero-order valence-electron chi connectivity index (χ0n) is 15.1. The second kappa shape index (κ2) is 7.19. The Hall–Kier alpha value is -3.61. The molecule has 142 valence electrons. The summed E-state index contributed by atoms with van der Waals surface area (Å²) < 4.78 is 0. The molecule has 0 bridgehead atoms. The number of phenolic OH excluding ortho intramolecular Hbond substituents is 1. The normalized spacial score (nSPS) is 16.3. The molecule has 2 heterocycles. The summed E-state index contributed by atoms with van der Waals surface area (Å²) in [5, 5.41) is 27.3. The number of carboxylic acid groups (broad SMARTS) is 1. The molecule has 2 aromatic carbocycles. The molecular weight excluding hydrogens is 356 g/mol. The maximum atomic E-state index is 11.0. The van der Waals surface area contributed by atoms with Gasteiger partial charge in [0.15, 0.2) is 5.82 Å². The summed E-state index contributed by atoms with van der Waals surface area (Å²) in [6, 6.07) is 15.9. The van der Waals surface area contributed by atoms with Gasteiger partial charge in [0, 0.05) is 24.6 Å². The Bertz CT molecular complexity index is 1020. The van der Waals surface area contributed by atoms with Crippen molar-refractivity contribution in [2.45, 2.75) is 12.3 Å². The van der Waals surface area contributed by atoms with Crippen LogP contribution in [0.25, 0.3) is 11.3 Å². The monoisotopic (exact) mass is 376 g/mol. The van der Waals surface area contributed by atoms with E-state index in [0.29, 0.717) is 17.1 Å². The summed E-state index contributed by atoms with van der Waals surface area (Å²) in [5.41, 5.74) is 9.43. The van der Waals surface area contributed by atoms with E-state index >= 15 is 0 Å². The topological polar surface area (TPSA) is 113 Å². The molecule has 1 fully saturated rings. The summed E-state index contributed by atoms with van der Waals surface area (Å²) in [5.74, 6) is -0.151. The number of hydrogen-bond donors (Lipinski definition) is 3. The van der Waals surface area contributed by atoms with Gasteiger partial charge in [0.2, 0.25) is 0 Å². The van der Waals surface area contributed by atoms with Crippen molar-refractivity contribution in [2.75, 3.05) is 23.7 Å². The average molecular weight is 376 g/mol. The number of benzene rings is 2. The number of nitrogen functional groups attached to an aromatic ring is 1. The number of para-hydroxylation sites is 1. The van der Waals surface area contributed by atoms with Crippen LogP contribution < -0.4 is 10.6 Å². The lowest BCUT2D eigenvalue weighted by molar-refractivity contribution is 0.0697. The average Bonchev–Trinajstić information content (AvgIpc) is 3.19.